The first-order chi connectivity index (χ1) is 9.61. The van der Waals surface area contributed by atoms with Crippen molar-refractivity contribution >= 4 is 11.6 Å². The van der Waals surface area contributed by atoms with Gasteiger partial charge in [0.05, 0.1) is 0 Å². The molecule has 0 amide bonds. The highest BCUT2D eigenvalue weighted by molar-refractivity contribution is 6.30. The molecule has 0 saturated heterocycles. The molecule has 0 unspecified atom stereocenters. The molecule has 0 aliphatic carbocycles. The van der Waals surface area contributed by atoms with Gasteiger partial charge in [-0.25, -0.2) is 4.98 Å². The number of nitrogens with one attached hydrogen (secondary N) is 1. The van der Waals surface area contributed by atoms with E-state index in [1.54, 1.807) is 6.20 Å². The van der Waals surface area contributed by atoms with Crippen LogP contribution in [-0.2, 0) is 6.42 Å². The molecular formula is C17H21ClN2. The highest BCUT2D eigenvalue weighted by Gasteiger charge is 2.13. The van der Waals surface area contributed by atoms with Gasteiger partial charge < -0.3 is 5.32 Å². The summed E-state index contributed by atoms with van der Waals surface area (Å²) < 4.78 is 0. The number of pyridine rings is 1. The minimum atomic E-state index is 0.164. The Morgan fingerprint density at radius 2 is 1.80 bits per heavy atom. The summed E-state index contributed by atoms with van der Waals surface area (Å²) in [5.41, 5.74) is 3.68. The van der Waals surface area contributed by atoms with Crippen LogP contribution in [0.15, 0.2) is 42.6 Å². The summed E-state index contributed by atoms with van der Waals surface area (Å²) in [6.45, 7) is 6.45. The average molecular weight is 289 g/mol. The van der Waals surface area contributed by atoms with Crippen molar-refractivity contribution in [2.24, 2.45) is 0 Å². The Bertz CT molecular complexity index is 551. The Labute approximate surface area is 126 Å². The molecule has 2 atom stereocenters. The lowest BCUT2D eigenvalue weighted by Crippen LogP contribution is -2.22. The van der Waals surface area contributed by atoms with Crippen molar-refractivity contribution in [1.82, 2.24) is 10.3 Å². The smallest absolute Gasteiger partial charge is 0.133 e. The molecule has 1 N–H and O–H groups in total. The van der Waals surface area contributed by atoms with E-state index in [1.165, 1.54) is 11.1 Å². The molecule has 1 aromatic heterocycles. The highest BCUT2D eigenvalue weighted by Crippen LogP contribution is 2.23. The van der Waals surface area contributed by atoms with Gasteiger partial charge in [-0.2, -0.15) is 0 Å². The Morgan fingerprint density at radius 1 is 1.10 bits per heavy atom. The molecule has 2 aromatic rings. The van der Waals surface area contributed by atoms with E-state index in [0.29, 0.717) is 5.15 Å². The van der Waals surface area contributed by atoms with Crippen LogP contribution in [0, 0.1) is 0 Å². The molecule has 0 radical (unpaired) electrons. The standard InChI is InChI=1S/C17H21ClN2/c1-4-14-7-9-15(10-8-14)12(2)20-13(3)16-6-5-11-19-17(16)18/h5-13,20H,4H2,1-3H3/t12-,13+/m0/s1. The number of hydrogen-bond acceptors (Lipinski definition) is 2. The van der Waals surface area contributed by atoms with Gasteiger partial charge in [0.1, 0.15) is 5.15 Å². The van der Waals surface area contributed by atoms with E-state index in [9.17, 15) is 0 Å². The van der Waals surface area contributed by atoms with Gasteiger partial charge in [0.2, 0.25) is 0 Å². The van der Waals surface area contributed by atoms with Gasteiger partial charge in [0, 0.05) is 23.8 Å². The van der Waals surface area contributed by atoms with Crippen molar-refractivity contribution in [3.05, 3.63) is 64.4 Å². The summed E-state index contributed by atoms with van der Waals surface area (Å²) >= 11 is 6.14. The molecule has 20 heavy (non-hydrogen) atoms. The van der Waals surface area contributed by atoms with E-state index in [1.807, 2.05) is 12.1 Å². The second-order valence-corrected chi connectivity index (χ2v) is 5.45. The van der Waals surface area contributed by atoms with E-state index >= 15 is 0 Å². The number of halogens is 1. The molecule has 106 valence electrons. The maximum Gasteiger partial charge on any atom is 0.133 e. The van der Waals surface area contributed by atoms with Crippen LogP contribution in [0.4, 0.5) is 0 Å². The lowest BCUT2D eigenvalue weighted by molar-refractivity contribution is 0.494. The van der Waals surface area contributed by atoms with Crippen LogP contribution < -0.4 is 5.32 Å². The Balaban J connectivity index is 2.06. The van der Waals surface area contributed by atoms with E-state index in [-0.39, 0.29) is 12.1 Å². The van der Waals surface area contributed by atoms with Crippen LogP contribution in [0.1, 0.15) is 49.5 Å². The summed E-state index contributed by atoms with van der Waals surface area (Å²) in [4.78, 5) is 4.13. The van der Waals surface area contributed by atoms with Gasteiger partial charge in [-0.3, -0.25) is 0 Å². The van der Waals surface area contributed by atoms with E-state index in [2.05, 4.69) is 55.3 Å². The Morgan fingerprint density at radius 3 is 2.40 bits per heavy atom. The molecule has 2 rings (SSSR count). The maximum absolute atomic E-state index is 6.14. The zero-order valence-electron chi connectivity index (χ0n) is 12.2. The van der Waals surface area contributed by atoms with Crippen LogP contribution in [0.2, 0.25) is 5.15 Å². The van der Waals surface area contributed by atoms with E-state index < -0.39 is 0 Å². The SMILES string of the molecule is CCc1ccc([C@H](C)N[C@H](C)c2cccnc2Cl)cc1. The van der Waals surface area contributed by atoms with Crippen molar-refractivity contribution in [2.45, 2.75) is 39.3 Å². The van der Waals surface area contributed by atoms with Crippen molar-refractivity contribution < 1.29 is 0 Å². The average Bonchev–Trinajstić information content (AvgIpc) is 2.47. The van der Waals surface area contributed by atoms with Crippen molar-refractivity contribution in [3.8, 4) is 0 Å². The fourth-order valence-electron chi connectivity index (χ4n) is 2.32. The predicted molar refractivity (Wildman–Crippen MR) is 85.0 cm³/mol. The number of rotatable bonds is 5. The minimum absolute atomic E-state index is 0.164. The largest absolute Gasteiger partial charge is 0.304 e. The fraction of sp³-hybridized carbons (Fsp3) is 0.353. The number of benzene rings is 1. The lowest BCUT2D eigenvalue weighted by atomic mass is 10.0. The second-order valence-electron chi connectivity index (χ2n) is 5.09. The van der Waals surface area contributed by atoms with Gasteiger partial charge in [-0.05, 0) is 37.5 Å². The third-order valence-electron chi connectivity index (χ3n) is 3.64. The van der Waals surface area contributed by atoms with Crippen LogP contribution in [0.25, 0.3) is 0 Å². The summed E-state index contributed by atoms with van der Waals surface area (Å²) in [5, 5.41) is 4.14. The molecule has 2 nitrogen and oxygen atoms in total. The molecule has 0 fully saturated rings. The van der Waals surface area contributed by atoms with Crippen molar-refractivity contribution in [2.75, 3.05) is 0 Å². The molecule has 1 aromatic carbocycles. The molecule has 1 heterocycles. The molecule has 0 aliphatic heterocycles. The normalized spacial score (nSPS) is 14.0. The Hall–Kier alpha value is -1.38. The number of hydrogen-bond donors (Lipinski definition) is 1. The first-order valence-electron chi connectivity index (χ1n) is 7.07. The number of nitrogens with zero attached hydrogens (tertiary/aromatic N) is 1. The molecule has 0 spiro atoms. The molecule has 3 heteroatoms. The monoisotopic (exact) mass is 288 g/mol. The quantitative estimate of drug-likeness (QED) is 0.806. The number of aryl methyl sites for hydroxylation is 1. The van der Waals surface area contributed by atoms with Crippen LogP contribution in [0.5, 0.6) is 0 Å². The first-order valence-corrected chi connectivity index (χ1v) is 7.45. The van der Waals surface area contributed by atoms with Gasteiger partial charge in [0.15, 0.2) is 0 Å². The van der Waals surface area contributed by atoms with Crippen LogP contribution >= 0.6 is 11.6 Å². The van der Waals surface area contributed by atoms with E-state index in [4.69, 9.17) is 11.6 Å². The molecule has 0 saturated carbocycles. The third kappa shape index (κ3) is 3.59. The third-order valence-corrected chi connectivity index (χ3v) is 3.96. The number of aromatic nitrogens is 1. The predicted octanol–water partition coefficient (Wildman–Crippen LogP) is 4.71. The zero-order valence-corrected chi connectivity index (χ0v) is 13.0. The highest BCUT2D eigenvalue weighted by atomic mass is 35.5. The second kappa shape index (κ2) is 6.87. The fourth-order valence-corrected chi connectivity index (χ4v) is 2.61. The van der Waals surface area contributed by atoms with Crippen LogP contribution in [0.3, 0.4) is 0 Å². The summed E-state index contributed by atoms with van der Waals surface area (Å²) in [7, 11) is 0. The summed E-state index contributed by atoms with van der Waals surface area (Å²) in [6.07, 6.45) is 2.79. The summed E-state index contributed by atoms with van der Waals surface area (Å²) in [6, 6.07) is 13.1. The summed E-state index contributed by atoms with van der Waals surface area (Å²) in [5.74, 6) is 0. The van der Waals surface area contributed by atoms with Crippen molar-refractivity contribution in [1.29, 1.82) is 0 Å². The maximum atomic E-state index is 6.14. The zero-order chi connectivity index (χ0) is 14.5. The van der Waals surface area contributed by atoms with Gasteiger partial charge in [0.25, 0.3) is 0 Å². The molecular weight excluding hydrogens is 268 g/mol. The van der Waals surface area contributed by atoms with Gasteiger partial charge in [-0.15, -0.1) is 0 Å². The first kappa shape index (κ1) is 15.0. The minimum Gasteiger partial charge on any atom is -0.304 e. The van der Waals surface area contributed by atoms with Crippen molar-refractivity contribution in [3.63, 3.8) is 0 Å². The van der Waals surface area contributed by atoms with Gasteiger partial charge >= 0.3 is 0 Å². The topological polar surface area (TPSA) is 24.9 Å². The molecule has 0 bridgehead atoms. The van der Waals surface area contributed by atoms with E-state index in [0.717, 1.165) is 12.0 Å². The van der Waals surface area contributed by atoms with Gasteiger partial charge in [-0.1, -0.05) is 48.9 Å². The lowest BCUT2D eigenvalue weighted by Gasteiger charge is -2.21. The Kier molecular flexibility index (Phi) is 5.16. The molecule has 0 aliphatic rings. The van der Waals surface area contributed by atoms with Crippen LogP contribution in [-0.4, -0.2) is 4.98 Å².